The molecular formula is C18H20ClN7O2. The fourth-order valence-electron chi connectivity index (χ4n) is 3.31. The van der Waals surface area contributed by atoms with Crippen LogP contribution in [0, 0.1) is 0 Å². The van der Waals surface area contributed by atoms with Gasteiger partial charge in [0.05, 0.1) is 17.4 Å². The van der Waals surface area contributed by atoms with E-state index < -0.39 is 5.91 Å². The molecule has 1 atom stereocenters. The number of aromatic nitrogens is 4. The van der Waals surface area contributed by atoms with Gasteiger partial charge >= 0.3 is 0 Å². The van der Waals surface area contributed by atoms with Crippen LogP contribution in [0.15, 0.2) is 30.9 Å². The number of hydrogen-bond acceptors (Lipinski definition) is 7. The van der Waals surface area contributed by atoms with Gasteiger partial charge in [-0.25, -0.2) is 9.50 Å². The van der Waals surface area contributed by atoms with Crippen molar-refractivity contribution in [3.05, 3.63) is 41.4 Å². The maximum absolute atomic E-state index is 12.9. The summed E-state index contributed by atoms with van der Waals surface area (Å²) in [5.41, 5.74) is 6.87. The van der Waals surface area contributed by atoms with Crippen molar-refractivity contribution < 1.29 is 9.53 Å². The van der Waals surface area contributed by atoms with E-state index >= 15 is 0 Å². The first-order valence-electron chi connectivity index (χ1n) is 8.90. The number of likely N-dealkylation sites (tertiary alicyclic amines) is 1. The number of carbonyl (C=O) groups excluding carboxylic acids is 1. The van der Waals surface area contributed by atoms with Gasteiger partial charge in [-0.2, -0.15) is 0 Å². The molecule has 1 fully saturated rings. The minimum Gasteiger partial charge on any atom is -0.490 e. The molecule has 0 saturated carbocycles. The molecule has 0 bridgehead atoms. The Morgan fingerprint density at radius 3 is 3.11 bits per heavy atom. The van der Waals surface area contributed by atoms with Crippen molar-refractivity contribution in [1.29, 1.82) is 0 Å². The van der Waals surface area contributed by atoms with E-state index in [9.17, 15) is 4.79 Å². The number of amides is 1. The molecule has 1 aliphatic heterocycles. The highest BCUT2D eigenvalue weighted by Crippen LogP contribution is 2.26. The van der Waals surface area contributed by atoms with Crippen LogP contribution < -0.4 is 15.8 Å². The molecule has 3 aromatic heterocycles. The monoisotopic (exact) mass is 401 g/mol. The minimum absolute atomic E-state index is 0.0613. The lowest BCUT2D eigenvalue weighted by Crippen LogP contribution is -2.30. The predicted molar refractivity (Wildman–Crippen MR) is 106 cm³/mol. The number of anilines is 2. The van der Waals surface area contributed by atoms with Gasteiger partial charge < -0.3 is 20.7 Å². The Balaban J connectivity index is 1.55. The molecule has 3 N–H and O–H groups in total. The lowest BCUT2D eigenvalue weighted by Gasteiger charge is -2.20. The normalized spacial score (nSPS) is 17.1. The topological polar surface area (TPSA) is 111 Å². The standard InChI is InChI=1S/C18H20ClN7O2/c1-25-6-2-3-12(25)10-28-14-4-5-21-8-13(14)23-18(27)15-16(20)24-26-9-11(19)7-22-17(15)26/h4-5,7-9,12H,2-3,6,10H2,1H3,(H2,20,24)(H,23,27). The van der Waals surface area contributed by atoms with Crippen molar-refractivity contribution in [3.63, 3.8) is 0 Å². The average Bonchev–Trinajstić information content (AvgIpc) is 3.22. The number of pyridine rings is 1. The van der Waals surface area contributed by atoms with Crippen molar-refractivity contribution in [2.45, 2.75) is 18.9 Å². The van der Waals surface area contributed by atoms with E-state index in [1.54, 1.807) is 12.3 Å². The van der Waals surface area contributed by atoms with Crippen LogP contribution in [0.1, 0.15) is 23.2 Å². The molecule has 0 aliphatic carbocycles. The van der Waals surface area contributed by atoms with Gasteiger partial charge in [-0.05, 0) is 26.4 Å². The Bertz CT molecular complexity index is 1020. The van der Waals surface area contributed by atoms with E-state index in [1.165, 1.54) is 23.1 Å². The molecule has 146 valence electrons. The zero-order chi connectivity index (χ0) is 19.7. The van der Waals surface area contributed by atoms with E-state index in [-0.39, 0.29) is 11.4 Å². The second kappa shape index (κ2) is 7.61. The second-order valence-electron chi connectivity index (χ2n) is 6.71. The predicted octanol–water partition coefficient (Wildman–Crippen LogP) is 2.09. The lowest BCUT2D eigenvalue weighted by molar-refractivity contribution is 0.102. The van der Waals surface area contributed by atoms with Crippen LogP contribution in [0.25, 0.3) is 5.65 Å². The first kappa shape index (κ1) is 18.5. The molecule has 1 aliphatic rings. The maximum atomic E-state index is 12.9. The van der Waals surface area contributed by atoms with Crippen LogP contribution in [0.2, 0.25) is 5.02 Å². The number of nitrogens with zero attached hydrogens (tertiary/aromatic N) is 5. The van der Waals surface area contributed by atoms with Crippen molar-refractivity contribution in [2.75, 3.05) is 31.2 Å². The first-order valence-corrected chi connectivity index (χ1v) is 9.28. The number of carbonyl (C=O) groups is 1. The molecule has 1 saturated heterocycles. The molecule has 0 radical (unpaired) electrons. The van der Waals surface area contributed by atoms with Crippen LogP contribution in [0.5, 0.6) is 5.75 Å². The largest absolute Gasteiger partial charge is 0.490 e. The summed E-state index contributed by atoms with van der Waals surface area (Å²) in [6.07, 6.45) is 8.39. The smallest absolute Gasteiger partial charge is 0.263 e. The molecule has 4 rings (SSSR count). The highest BCUT2D eigenvalue weighted by molar-refractivity contribution is 6.30. The van der Waals surface area contributed by atoms with Crippen molar-refractivity contribution in [3.8, 4) is 5.75 Å². The summed E-state index contributed by atoms with van der Waals surface area (Å²) in [7, 11) is 2.09. The highest BCUT2D eigenvalue weighted by atomic mass is 35.5. The van der Waals surface area contributed by atoms with Crippen molar-refractivity contribution >= 4 is 34.7 Å². The maximum Gasteiger partial charge on any atom is 0.263 e. The van der Waals surface area contributed by atoms with Gasteiger partial charge in [0.2, 0.25) is 0 Å². The third kappa shape index (κ3) is 3.58. The Hall–Kier alpha value is -2.91. The number of ether oxygens (including phenoxy) is 1. The summed E-state index contributed by atoms with van der Waals surface area (Å²) in [6.45, 7) is 1.61. The molecule has 28 heavy (non-hydrogen) atoms. The summed E-state index contributed by atoms with van der Waals surface area (Å²) < 4.78 is 7.34. The molecule has 9 nitrogen and oxygen atoms in total. The Morgan fingerprint density at radius 1 is 1.46 bits per heavy atom. The van der Waals surface area contributed by atoms with E-state index in [1.807, 2.05) is 0 Å². The molecule has 0 aromatic carbocycles. The van der Waals surface area contributed by atoms with Gasteiger partial charge in [-0.15, -0.1) is 5.10 Å². The molecular weight excluding hydrogens is 382 g/mol. The third-order valence-corrected chi connectivity index (χ3v) is 5.02. The number of halogens is 1. The van der Waals surface area contributed by atoms with E-state index in [0.717, 1.165) is 19.4 Å². The molecule has 4 heterocycles. The molecule has 1 amide bonds. The summed E-state index contributed by atoms with van der Waals surface area (Å²) in [4.78, 5) is 23.4. The van der Waals surface area contributed by atoms with E-state index in [2.05, 4.69) is 32.3 Å². The quantitative estimate of drug-likeness (QED) is 0.673. The Kier molecular flexibility index (Phi) is 5.01. The second-order valence-corrected chi connectivity index (χ2v) is 7.15. The average molecular weight is 402 g/mol. The van der Waals surface area contributed by atoms with Gasteiger partial charge in [-0.3, -0.25) is 9.78 Å². The number of hydrogen-bond donors (Lipinski definition) is 2. The number of nitrogens with one attached hydrogen (secondary N) is 1. The number of rotatable bonds is 5. The fraction of sp³-hybridized carbons (Fsp3) is 0.333. The van der Waals surface area contributed by atoms with Crippen molar-refractivity contribution in [2.24, 2.45) is 0 Å². The zero-order valence-corrected chi connectivity index (χ0v) is 16.1. The van der Waals surface area contributed by atoms with Crippen LogP contribution in [0.3, 0.4) is 0 Å². The summed E-state index contributed by atoms with van der Waals surface area (Å²) in [5, 5.41) is 7.28. The van der Waals surface area contributed by atoms with E-state index in [0.29, 0.717) is 34.8 Å². The van der Waals surface area contributed by atoms with Gasteiger partial charge in [0.1, 0.15) is 23.6 Å². The molecule has 3 aromatic rings. The number of nitrogens with two attached hydrogens (primary N) is 1. The zero-order valence-electron chi connectivity index (χ0n) is 15.3. The van der Waals surface area contributed by atoms with Gasteiger partial charge in [0.15, 0.2) is 11.5 Å². The van der Waals surface area contributed by atoms with Crippen LogP contribution in [-0.4, -0.2) is 56.6 Å². The van der Waals surface area contributed by atoms with Crippen LogP contribution in [-0.2, 0) is 0 Å². The van der Waals surface area contributed by atoms with E-state index in [4.69, 9.17) is 22.1 Å². The minimum atomic E-state index is -0.446. The molecule has 0 spiro atoms. The first-order chi connectivity index (χ1) is 13.5. The SMILES string of the molecule is CN1CCCC1COc1ccncc1NC(=O)c1c(N)nn2cc(Cl)cnc12. The Morgan fingerprint density at radius 2 is 2.32 bits per heavy atom. The molecule has 10 heteroatoms. The number of likely N-dealkylation sites (N-methyl/N-ethyl adjacent to an activating group) is 1. The van der Waals surface area contributed by atoms with Crippen LogP contribution in [0.4, 0.5) is 11.5 Å². The fourth-order valence-corrected chi connectivity index (χ4v) is 3.45. The highest BCUT2D eigenvalue weighted by Gasteiger charge is 2.23. The lowest BCUT2D eigenvalue weighted by atomic mass is 10.2. The summed E-state index contributed by atoms with van der Waals surface area (Å²) >= 11 is 5.92. The number of fused-ring (bicyclic) bond motifs is 1. The van der Waals surface area contributed by atoms with Gasteiger partial charge in [0, 0.05) is 24.5 Å². The summed E-state index contributed by atoms with van der Waals surface area (Å²) in [6, 6.07) is 2.09. The van der Waals surface area contributed by atoms with Crippen molar-refractivity contribution in [1.82, 2.24) is 24.5 Å². The van der Waals surface area contributed by atoms with Gasteiger partial charge in [-0.1, -0.05) is 11.6 Å². The molecule has 1 unspecified atom stereocenters. The van der Waals surface area contributed by atoms with Crippen LogP contribution >= 0.6 is 11.6 Å². The summed E-state index contributed by atoms with van der Waals surface area (Å²) in [5.74, 6) is 0.166. The van der Waals surface area contributed by atoms with Gasteiger partial charge in [0.25, 0.3) is 5.91 Å². The number of nitrogen functional groups attached to an aromatic ring is 1. The Labute approximate surface area is 166 Å². The third-order valence-electron chi connectivity index (χ3n) is 4.83.